The summed E-state index contributed by atoms with van der Waals surface area (Å²) in [5.74, 6) is 0.853. The Morgan fingerprint density at radius 3 is 2.76 bits per heavy atom. The van der Waals surface area contributed by atoms with Gasteiger partial charge >= 0.3 is 0 Å². The maximum atomic E-state index is 6.06. The quantitative estimate of drug-likeness (QED) is 0.750. The van der Waals surface area contributed by atoms with Crippen LogP contribution in [0.4, 0.5) is 0 Å². The molecule has 3 heteroatoms. The van der Waals surface area contributed by atoms with Gasteiger partial charge < -0.3 is 14.8 Å². The van der Waals surface area contributed by atoms with Crippen LogP contribution in [0.1, 0.15) is 45.4 Å². The first-order valence-electron chi connectivity index (χ1n) is 7.27. The first-order valence-corrected chi connectivity index (χ1v) is 7.27. The van der Waals surface area contributed by atoms with Crippen LogP contribution < -0.4 is 5.32 Å². The Hall–Kier alpha value is -0.120. The van der Waals surface area contributed by atoms with Crippen molar-refractivity contribution < 1.29 is 9.47 Å². The van der Waals surface area contributed by atoms with E-state index in [0.717, 1.165) is 45.1 Å². The van der Waals surface area contributed by atoms with Crippen LogP contribution >= 0.6 is 0 Å². The lowest BCUT2D eigenvalue weighted by Crippen LogP contribution is -2.44. The molecule has 0 radical (unpaired) electrons. The van der Waals surface area contributed by atoms with Crippen LogP contribution in [0, 0.1) is 5.92 Å². The molecule has 0 aromatic rings. The van der Waals surface area contributed by atoms with Gasteiger partial charge in [0.05, 0.1) is 5.60 Å². The molecule has 3 nitrogen and oxygen atoms in total. The molecule has 1 atom stereocenters. The molecule has 100 valence electrons. The van der Waals surface area contributed by atoms with Crippen molar-refractivity contribution in [3.8, 4) is 0 Å². The second-order valence-corrected chi connectivity index (χ2v) is 5.54. The molecule has 2 rings (SSSR count). The Balaban J connectivity index is 1.72. The topological polar surface area (TPSA) is 30.5 Å². The molecule has 1 N–H and O–H groups in total. The molecule has 0 aromatic heterocycles. The normalized spacial score (nSPS) is 28.4. The van der Waals surface area contributed by atoms with Crippen molar-refractivity contribution >= 4 is 0 Å². The molecule has 2 fully saturated rings. The predicted molar refractivity (Wildman–Crippen MR) is 69.2 cm³/mol. The van der Waals surface area contributed by atoms with E-state index in [9.17, 15) is 0 Å². The smallest absolute Gasteiger partial charge is 0.0729 e. The van der Waals surface area contributed by atoms with Crippen molar-refractivity contribution in [2.45, 2.75) is 51.0 Å². The molecule has 2 heterocycles. The maximum Gasteiger partial charge on any atom is 0.0729 e. The summed E-state index contributed by atoms with van der Waals surface area (Å²) in [4.78, 5) is 0. The predicted octanol–water partition coefficient (Wildman–Crippen LogP) is 2.35. The fourth-order valence-corrected chi connectivity index (χ4v) is 3.08. The Bertz CT molecular complexity index is 209. The molecule has 2 aliphatic heterocycles. The van der Waals surface area contributed by atoms with E-state index < -0.39 is 0 Å². The Kier molecular flexibility index (Phi) is 5.26. The van der Waals surface area contributed by atoms with Gasteiger partial charge in [-0.05, 0) is 57.5 Å². The minimum absolute atomic E-state index is 0.173. The van der Waals surface area contributed by atoms with Gasteiger partial charge in [0, 0.05) is 19.8 Å². The van der Waals surface area contributed by atoms with E-state index in [1.54, 1.807) is 0 Å². The summed E-state index contributed by atoms with van der Waals surface area (Å²) in [5, 5.41) is 3.51. The third-order valence-corrected chi connectivity index (χ3v) is 4.16. The Morgan fingerprint density at radius 1 is 1.18 bits per heavy atom. The number of nitrogens with one attached hydrogen (secondary N) is 1. The van der Waals surface area contributed by atoms with Crippen LogP contribution in [-0.2, 0) is 9.47 Å². The van der Waals surface area contributed by atoms with Gasteiger partial charge in [-0.3, -0.25) is 0 Å². The maximum absolute atomic E-state index is 6.06. The highest BCUT2D eigenvalue weighted by atomic mass is 16.5. The van der Waals surface area contributed by atoms with Crippen molar-refractivity contribution in [2.24, 2.45) is 5.92 Å². The third kappa shape index (κ3) is 3.94. The largest absolute Gasteiger partial charge is 0.381 e. The van der Waals surface area contributed by atoms with E-state index in [4.69, 9.17) is 9.47 Å². The Morgan fingerprint density at radius 2 is 2.00 bits per heavy atom. The standard InChI is InChI=1S/C14H27NO2/c1-2-7-15-8-3-13-4-9-17-14(12-13)5-10-16-11-6-14/h13,15H,2-12H2,1H3. The van der Waals surface area contributed by atoms with Crippen molar-refractivity contribution in [1.29, 1.82) is 0 Å². The zero-order valence-electron chi connectivity index (χ0n) is 11.2. The average Bonchev–Trinajstić information content (AvgIpc) is 2.36. The summed E-state index contributed by atoms with van der Waals surface area (Å²) in [6, 6.07) is 0. The molecule has 1 spiro atoms. The summed E-state index contributed by atoms with van der Waals surface area (Å²) in [5.41, 5.74) is 0.173. The van der Waals surface area contributed by atoms with Crippen LogP contribution in [0.3, 0.4) is 0 Å². The average molecular weight is 241 g/mol. The monoisotopic (exact) mass is 241 g/mol. The number of ether oxygens (including phenoxy) is 2. The van der Waals surface area contributed by atoms with E-state index in [0.29, 0.717) is 0 Å². The molecular formula is C14H27NO2. The lowest BCUT2D eigenvalue weighted by molar-refractivity contribution is -0.147. The highest BCUT2D eigenvalue weighted by molar-refractivity contribution is 4.89. The van der Waals surface area contributed by atoms with Crippen molar-refractivity contribution in [3.63, 3.8) is 0 Å². The lowest BCUT2D eigenvalue weighted by Gasteiger charge is -2.43. The van der Waals surface area contributed by atoms with E-state index in [-0.39, 0.29) is 5.60 Å². The minimum atomic E-state index is 0.173. The fourth-order valence-electron chi connectivity index (χ4n) is 3.08. The third-order valence-electron chi connectivity index (χ3n) is 4.16. The molecule has 17 heavy (non-hydrogen) atoms. The SMILES string of the molecule is CCCNCCC1CCOC2(CCOCC2)C1. The lowest BCUT2D eigenvalue weighted by atomic mass is 9.79. The highest BCUT2D eigenvalue weighted by Gasteiger charge is 2.38. The molecule has 2 saturated heterocycles. The van der Waals surface area contributed by atoms with Crippen LogP contribution in [0.5, 0.6) is 0 Å². The first-order chi connectivity index (χ1) is 8.35. The van der Waals surface area contributed by atoms with E-state index in [2.05, 4.69) is 12.2 Å². The van der Waals surface area contributed by atoms with Gasteiger partial charge in [0.2, 0.25) is 0 Å². The van der Waals surface area contributed by atoms with Crippen LogP contribution in [0.15, 0.2) is 0 Å². The van der Waals surface area contributed by atoms with Crippen molar-refractivity contribution in [2.75, 3.05) is 32.9 Å². The van der Waals surface area contributed by atoms with Crippen LogP contribution in [0.25, 0.3) is 0 Å². The van der Waals surface area contributed by atoms with Gasteiger partial charge in [-0.15, -0.1) is 0 Å². The molecule has 2 aliphatic rings. The van der Waals surface area contributed by atoms with Crippen LogP contribution in [0.2, 0.25) is 0 Å². The van der Waals surface area contributed by atoms with Gasteiger partial charge in [-0.25, -0.2) is 0 Å². The molecule has 0 aromatic carbocycles. The summed E-state index contributed by atoms with van der Waals surface area (Å²) < 4.78 is 11.5. The van der Waals surface area contributed by atoms with Gasteiger partial charge in [0.25, 0.3) is 0 Å². The summed E-state index contributed by atoms with van der Waals surface area (Å²) in [6.45, 7) is 7.28. The molecule has 0 saturated carbocycles. The highest BCUT2D eigenvalue weighted by Crippen LogP contribution is 2.37. The number of hydrogen-bond acceptors (Lipinski definition) is 3. The number of rotatable bonds is 5. The van der Waals surface area contributed by atoms with Crippen molar-refractivity contribution in [3.05, 3.63) is 0 Å². The minimum Gasteiger partial charge on any atom is -0.381 e. The van der Waals surface area contributed by atoms with Gasteiger partial charge in [-0.1, -0.05) is 6.92 Å². The van der Waals surface area contributed by atoms with E-state index >= 15 is 0 Å². The van der Waals surface area contributed by atoms with Crippen molar-refractivity contribution in [1.82, 2.24) is 5.32 Å². The zero-order valence-corrected chi connectivity index (χ0v) is 11.2. The van der Waals surface area contributed by atoms with Gasteiger partial charge in [-0.2, -0.15) is 0 Å². The van der Waals surface area contributed by atoms with Crippen LogP contribution in [-0.4, -0.2) is 38.5 Å². The molecule has 0 amide bonds. The molecule has 0 aliphatic carbocycles. The van der Waals surface area contributed by atoms with E-state index in [1.165, 1.54) is 32.2 Å². The number of hydrogen-bond donors (Lipinski definition) is 1. The summed E-state index contributed by atoms with van der Waals surface area (Å²) in [6.07, 6.45) is 7.25. The van der Waals surface area contributed by atoms with E-state index in [1.807, 2.05) is 0 Å². The Labute approximate surface area is 105 Å². The molecule has 1 unspecified atom stereocenters. The van der Waals surface area contributed by atoms with Gasteiger partial charge in [0.1, 0.15) is 0 Å². The molecular weight excluding hydrogens is 214 g/mol. The second-order valence-electron chi connectivity index (χ2n) is 5.54. The zero-order chi connectivity index (χ0) is 12.0. The first kappa shape index (κ1) is 13.3. The summed E-state index contributed by atoms with van der Waals surface area (Å²) >= 11 is 0. The molecule has 0 bridgehead atoms. The second kappa shape index (κ2) is 6.72. The van der Waals surface area contributed by atoms with Gasteiger partial charge in [0.15, 0.2) is 0 Å². The fraction of sp³-hybridized carbons (Fsp3) is 1.00. The summed E-state index contributed by atoms with van der Waals surface area (Å²) in [7, 11) is 0.